The minimum absolute atomic E-state index is 0.437. The number of nitrogens with one attached hydrogen (secondary N) is 2. The van der Waals surface area contributed by atoms with Crippen LogP contribution >= 0.6 is 0 Å². The number of carbonyl (C=O) groups is 2. The van der Waals surface area contributed by atoms with Crippen LogP contribution in [0, 0.1) is 0 Å². The molecular formula is C26H38N4O4. The molecule has 0 spiro atoms. The molecule has 1 aromatic rings. The maximum atomic E-state index is 11.7. The van der Waals surface area contributed by atoms with E-state index in [0.717, 1.165) is 17.7 Å². The van der Waals surface area contributed by atoms with Gasteiger partial charge < -0.3 is 25.8 Å². The van der Waals surface area contributed by atoms with Gasteiger partial charge in [0, 0.05) is 29.8 Å². The Morgan fingerprint density at radius 2 is 2.00 bits per heavy atom. The summed E-state index contributed by atoms with van der Waals surface area (Å²) in [6.07, 6.45) is 3.66. The van der Waals surface area contributed by atoms with Crippen molar-refractivity contribution in [2.75, 3.05) is 13.2 Å². The van der Waals surface area contributed by atoms with Gasteiger partial charge in [0.25, 0.3) is 0 Å². The normalized spacial score (nSPS) is 15.8. The zero-order valence-corrected chi connectivity index (χ0v) is 21.0. The first-order valence-electron chi connectivity index (χ1n) is 11.3. The molecule has 0 atom stereocenters. The number of nitrogens with zero attached hydrogens (tertiary/aromatic N) is 1. The second-order valence-electron chi connectivity index (χ2n) is 8.49. The fourth-order valence-corrected chi connectivity index (χ4v) is 2.94. The summed E-state index contributed by atoms with van der Waals surface area (Å²) in [5.41, 5.74) is 7.87. The predicted molar refractivity (Wildman–Crippen MR) is 137 cm³/mol. The topological polar surface area (TPSA) is 115 Å². The maximum absolute atomic E-state index is 11.7. The third-order valence-electron chi connectivity index (χ3n) is 4.50. The molecule has 1 heterocycles. The Morgan fingerprint density at radius 3 is 2.62 bits per heavy atom. The molecule has 8 heteroatoms. The first-order valence-corrected chi connectivity index (χ1v) is 11.3. The van der Waals surface area contributed by atoms with E-state index in [4.69, 9.17) is 15.2 Å². The van der Waals surface area contributed by atoms with Crippen LogP contribution in [0.3, 0.4) is 0 Å². The van der Waals surface area contributed by atoms with E-state index in [1.165, 1.54) is 0 Å². The summed E-state index contributed by atoms with van der Waals surface area (Å²) in [6.45, 7) is 16.1. The van der Waals surface area contributed by atoms with Gasteiger partial charge in [-0.25, -0.2) is 9.79 Å². The van der Waals surface area contributed by atoms with E-state index in [1.54, 1.807) is 6.92 Å². The summed E-state index contributed by atoms with van der Waals surface area (Å²) < 4.78 is 11.0. The van der Waals surface area contributed by atoms with Gasteiger partial charge in [-0.15, -0.1) is 13.2 Å². The summed E-state index contributed by atoms with van der Waals surface area (Å²) in [4.78, 5) is 27.9. The highest BCUT2D eigenvalue weighted by Gasteiger charge is 2.19. The van der Waals surface area contributed by atoms with Crippen molar-refractivity contribution in [3.8, 4) is 5.75 Å². The fraction of sp³-hybridized carbons (Fsp3) is 0.423. The Hall–Kier alpha value is -3.55. The second-order valence-corrected chi connectivity index (χ2v) is 8.49. The van der Waals surface area contributed by atoms with Crippen molar-refractivity contribution in [2.24, 2.45) is 10.7 Å². The van der Waals surface area contributed by atoms with Gasteiger partial charge in [-0.1, -0.05) is 25.1 Å². The quantitative estimate of drug-likeness (QED) is 0.292. The van der Waals surface area contributed by atoms with Crippen LogP contribution in [0.5, 0.6) is 5.75 Å². The molecule has 2 amide bonds. The van der Waals surface area contributed by atoms with Gasteiger partial charge in [0.15, 0.2) is 0 Å². The van der Waals surface area contributed by atoms with Crippen LogP contribution in [0.4, 0.5) is 4.79 Å². The Morgan fingerprint density at radius 1 is 1.29 bits per heavy atom. The molecule has 0 bridgehead atoms. The van der Waals surface area contributed by atoms with Crippen LogP contribution in [-0.2, 0) is 9.53 Å². The van der Waals surface area contributed by atoms with Crippen LogP contribution in [-0.4, -0.2) is 36.6 Å². The highest BCUT2D eigenvalue weighted by molar-refractivity contribution is 6.02. The van der Waals surface area contributed by atoms with Crippen molar-refractivity contribution in [3.05, 3.63) is 66.0 Å². The first-order chi connectivity index (χ1) is 16.1. The number of aliphatic imine (C=N–C) groups is 1. The summed E-state index contributed by atoms with van der Waals surface area (Å²) in [6, 6.07) is 7.56. The molecule has 8 nitrogen and oxygen atoms in total. The minimum atomic E-state index is -0.520. The molecule has 0 saturated carbocycles. The number of hydrogen-bond donors (Lipinski definition) is 3. The SMILES string of the molecule is C=C.CC/C=C1\C/C(=C(\C)C(N)=O)N=C(c2cccc(OCCCNC(=O)OC(C)(C)C)c2)N1. The van der Waals surface area contributed by atoms with Crippen LogP contribution < -0.4 is 21.1 Å². The van der Waals surface area contributed by atoms with Gasteiger partial charge in [-0.3, -0.25) is 4.79 Å². The third-order valence-corrected chi connectivity index (χ3v) is 4.50. The largest absolute Gasteiger partial charge is 0.494 e. The number of carbonyl (C=O) groups excluding carboxylic acids is 2. The van der Waals surface area contributed by atoms with Crippen LogP contribution in [0.15, 0.2) is 65.5 Å². The lowest BCUT2D eigenvalue weighted by Gasteiger charge is -2.21. The average molecular weight is 471 g/mol. The van der Waals surface area contributed by atoms with Gasteiger partial charge in [0.05, 0.1) is 12.3 Å². The average Bonchev–Trinajstić information content (AvgIpc) is 2.78. The highest BCUT2D eigenvalue weighted by atomic mass is 16.6. The Kier molecular flexibility index (Phi) is 11.6. The zero-order chi connectivity index (χ0) is 25.7. The number of hydrogen-bond acceptors (Lipinski definition) is 6. The molecule has 1 aliphatic heterocycles. The van der Waals surface area contributed by atoms with E-state index in [2.05, 4.69) is 41.8 Å². The standard InChI is InChI=1S/C24H34N4O4.C2H4/c1-6-9-18-15-20(16(2)21(25)29)28-22(27-18)17-10-7-11-19(14-17)31-13-8-12-26-23(30)32-24(3,4)5;1-2/h7,9-11,14H,6,8,12-13,15H2,1-5H3,(H2,25,29)(H,26,30)(H,27,28);1-2H2/b18-9+,20-16-;. The number of alkyl carbamates (subject to hydrolysis) is 1. The van der Waals surface area contributed by atoms with Crippen molar-refractivity contribution >= 4 is 17.8 Å². The smallest absolute Gasteiger partial charge is 0.407 e. The van der Waals surface area contributed by atoms with Crippen LogP contribution in [0.25, 0.3) is 0 Å². The number of primary amides is 1. The van der Waals surface area contributed by atoms with Crippen LogP contribution in [0.2, 0.25) is 0 Å². The van der Waals surface area contributed by atoms with E-state index in [9.17, 15) is 9.59 Å². The Bertz CT molecular complexity index is 942. The molecule has 186 valence electrons. The minimum Gasteiger partial charge on any atom is -0.494 e. The molecule has 4 N–H and O–H groups in total. The number of benzene rings is 1. The molecule has 2 rings (SSSR count). The number of nitrogens with two attached hydrogens (primary N) is 1. The first kappa shape index (κ1) is 28.5. The maximum Gasteiger partial charge on any atom is 0.407 e. The highest BCUT2D eigenvalue weighted by Crippen LogP contribution is 2.23. The molecule has 0 radical (unpaired) electrons. The number of rotatable bonds is 8. The van der Waals surface area contributed by atoms with Gasteiger partial charge in [0.1, 0.15) is 17.2 Å². The molecule has 1 aliphatic rings. The predicted octanol–water partition coefficient (Wildman–Crippen LogP) is 4.58. The fourth-order valence-electron chi connectivity index (χ4n) is 2.94. The molecule has 0 unspecified atom stereocenters. The van der Waals surface area contributed by atoms with Crippen molar-refractivity contribution in [1.29, 1.82) is 0 Å². The number of allylic oxidation sites excluding steroid dienone is 1. The number of ether oxygens (including phenoxy) is 2. The van der Waals surface area contributed by atoms with Crippen molar-refractivity contribution in [3.63, 3.8) is 0 Å². The molecule has 1 aromatic carbocycles. The Labute approximate surface area is 203 Å². The molecule has 0 fully saturated rings. The summed E-state index contributed by atoms with van der Waals surface area (Å²) in [5, 5.41) is 6.05. The monoisotopic (exact) mass is 470 g/mol. The summed E-state index contributed by atoms with van der Waals surface area (Å²) >= 11 is 0. The zero-order valence-electron chi connectivity index (χ0n) is 21.0. The third kappa shape index (κ3) is 9.94. The van der Waals surface area contributed by atoms with E-state index < -0.39 is 17.6 Å². The van der Waals surface area contributed by atoms with E-state index in [-0.39, 0.29) is 0 Å². The number of amides is 2. The van der Waals surface area contributed by atoms with Gasteiger partial charge in [-0.05, 0) is 52.7 Å². The second kappa shape index (κ2) is 13.9. The van der Waals surface area contributed by atoms with Crippen molar-refractivity contribution < 1.29 is 19.1 Å². The molecule has 0 aliphatic carbocycles. The lowest BCUT2D eigenvalue weighted by molar-refractivity contribution is -0.114. The summed E-state index contributed by atoms with van der Waals surface area (Å²) in [7, 11) is 0. The van der Waals surface area contributed by atoms with Crippen molar-refractivity contribution in [1.82, 2.24) is 10.6 Å². The number of amidine groups is 1. The van der Waals surface area contributed by atoms with Gasteiger partial charge >= 0.3 is 6.09 Å². The molecular weight excluding hydrogens is 432 g/mol. The lowest BCUT2D eigenvalue weighted by Crippen LogP contribution is -2.33. The molecule has 0 saturated heterocycles. The Balaban J connectivity index is 0.00000281. The summed E-state index contributed by atoms with van der Waals surface area (Å²) in [5.74, 6) is 0.856. The van der Waals surface area contributed by atoms with E-state index in [0.29, 0.717) is 48.8 Å². The van der Waals surface area contributed by atoms with Crippen molar-refractivity contribution in [2.45, 2.75) is 59.5 Å². The molecule has 34 heavy (non-hydrogen) atoms. The molecule has 0 aromatic heterocycles. The van der Waals surface area contributed by atoms with E-state index >= 15 is 0 Å². The van der Waals surface area contributed by atoms with Gasteiger partial charge in [-0.2, -0.15) is 0 Å². The van der Waals surface area contributed by atoms with Gasteiger partial charge in [0.2, 0.25) is 5.91 Å². The van der Waals surface area contributed by atoms with Crippen LogP contribution in [0.1, 0.15) is 59.4 Å². The van der Waals surface area contributed by atoms with E-state index in [1.807, 2.05) is 45.0 Å². The lowest BCUT2D eigenvalue weighted by atomic mass is 10.1.